The van der Waals surface area contributed by atoms with Crippen molar-refractivity contribution in [3.05, 3.63) is 29.3 Å². The fourth-order valence-electron chi connectivity index (χ4n) is 1.48. The average Bonchev–Trinajstić information content (AvgIpc) is 2.26. The normalized spacial score (nSPS) is 13.9. The first-order valence-corrected chi connectivity index (χ1v) is 5.03. The van der Waals surface area contributed by atoms with Crippen LogP contribution in [0.5, 0.6) is 0 Å². The molecule has 0 saturated carbocycles. The molecule has 0 fully saturated rings. The maximum atomic E-state index is 10.8. The van der Waals surface area contributed by atoms with Gasteiger partial charge in [0.15, 0.2) is 0 Å². The van der Waals surface area contributed by atoms with Crippen LogP contribution in [0.2, 0.25) is 0 Å². The minimum atomic E-state index is -1.54. The van der Waals surface area contributed by atoms with E-state index in [1.165, 1.54) is 12.1 Å². The number of nitrogens with two attached hydrogens (primary N) is 1. The van der Waals surface area contributed by atoms with E-state index in [0.717, 1.165) is 6.07 Å². The van der Waals surface area contributed by atoms with Crippen molar-refractivity contribution in [1.82, 2.24) is 0 Å². The third kappa shape index (κ3) is 3.44. The Kier molecular flexibility index (Phi) is 4.24. The highest BCUT2D eigenvalue weighted by Gasteiger charge is 2.22. The SMILES string of the molecule is Nc1cc(C(=O)O)cc(C(O)C(O)CC(=O)O)c1. The molecule has 1 rings (SSSR count). The van der Waals surface area contributed by atoms with Crippen LogP contribution in [0.4, 0.5) is 5.69 Å². The van der Waals surface area contributed by atoms with Gasteiger partial charge in [-0.1, -0.05) is 0 Å². The number of hydrogen-bond acceptors (Lipinski definition) is 5. The number of aliphatic hydroxyl groups excluding tert-OH is 2. The Morgan fingerprint density at radius 2 is 1.78 bits per heavy atom. The maximum Gasteiger partial charge on any atom is 0.335 e. The van der Waals surface area contributed by atoms with Crippen LogP contribution >= 0.6 is 0 Å². The predicted octanol–water partition coefficient (Wildman–Crippen LogP) is -0.164. The van der Waals surface area contributed by atoms with Gasteiger partial charge in [-0.15, -0.1) is 0 Å². The number of aliphatic carboxylic acids is 1. The summed E-state index contributed by atoms with van der Waals surface area (Å²) in [5.74, 6) is -2.51. The molecule has 7 nitrogen and oxygen atoms in total. The lowest BCUT2D eigenvalue weighted by Crippen LogP contribution is -2.22. The van der Waals surface area contributed by atoms with E-state index in [-0.39, 0.29) is 16.8 Å². The number of benzene rings is 1. The molecule has 18 heavy (non-hydrogen) atoms. The monoisotopic (exact) mass is 255 g/mol. The van der Waals surface area contributed by atoms with Crippen LogP contribution in [-0.4, -0.2) is 38.5 Å². The first-order chi connectivity index (χ1) is 8.31. The third-order valence-electron chi connectivity index (χ3n) is 2.31. The van der Waals surface area contributed by atoms with Crippen LogP contribution in [-0.2, 0) is 4.79 Å². The second-order valence-electron chi connectivity index (χ2n) is 3.80. The van der Waals surface area contributed by atoms with Crippen molar-refractivity contribution in [2.24, 2.45) is 0 Å². The summed E-state index contributed by atoms with van der Waals surface area (Å²) in [5, 5.41) is 36.4. The lowest BCUT2D eigenvalue weighted by Gasteiger charge is -2.17. The van der Waals surface area contributed by atoms with Gasteiger partial charge in [0.1, 0.15) is 6.10 Å². The molecule has 7 heteroatoms. The van der Waals surface area contributed by atoms with E-state index >= 15 is 0 Å². The summed E-state index contributed by atoms with van der Waals surface area (Å²) in [5.41, 5.74) is 5.48. The van der Waals surface area contributed by atoms with Gasteiger partial charge >= 0.3 is 11.9 Å². The smallest absolute Gasteiger partial charge is 0.335 e. The summed E-state index contributed by atoms with van der Waals surface area (Å²) in [4.78, 5) is 21.2. The zero-order valence-electron chi connectivity index (χ0n) is 9.28. The number of carboxylic acid groups (broad SMARTS) is 2. The fourth-order valence-corrected chi connectivity index (χ4v) is 1.48. The summed E-state index contributed by atoms with van der Waals surface area (Å²) in [7, 11) is 0. The van der Waals surface area contributed by atoms with E-state index in [9.17, 15) is 19.8 Å². The second kappa shape index (κ2) is 5.48. The highest BCUT2D eigenvalue weighted by Crippen LogP contribution is 2.23. The molecule has 6 N–H and O–H groups in total. The number of carboxylic acids is 2. The molecule has 0 saturated heterocycles. The Morgan fingerprint density at radius 1 is 1.17 bits per heavy atom. The van der Waals surface area contributed by atoms with Crippen LogP contribution in [0.15, 0.2) is 18.2 Å². The Morgan fingerprint density at radius 3 is 2.28 bits per heavy atom. The van der Waals surface area contributed by atoms with Gasteiger partial charge in [0.2, 0.25) is 0 Å². The molecule has 1 aromatic carbocycles. The Bertz CT molecular complexity index is 473. The van der Waals surface area contributed by atoms with Gasteiger partial charge in [-0.2, -0.15) is 0 Å². The zero-order valence-corrected chi connectivity index (χ0v) is 9.28. The molecule has 0 amide bonds. The molecule has 2 atom stereocenters. The van der Waals surface area contributed by atoms with Gasteiger partial charge in [0, 0.05) is 5.69 Å². The second-order valence-corrected chi connectivity index (χ2v) is 3.80. The Balaban J connectivity index is 3.01. The molecule has 1 aromatic rings. The van der Waals surface area contributed by atoms with Gasteiger partial charge in [0.25, 0.3) is 0 Å². The van der Waals surface area contributed by atoms with Gasteiger partial charge in [0.05, 0.1) is 18.1 Å². The fraction of sp³-hybridized carbons (Fsp3) is 0.273. The quantitative estimate of drug-likeness (QED) is 0.460. The zero-order chi connectivity index (χ0) is 13.9. The lowest BCUT2D eigenvalue weighted by atomic mass is 9.99. The number of aromatic carboxylic acids is 1. The number of rotatable bonds is 5. The third-order valence-corrected chi connectivity index (χ3v) is 2.31. The molecule has 0 aliphatic carbocycles. The molecule has 0 aromatic heterocycles. The molecule has 0 bridgehead atoms. The van der Waals surface area contributed by atoms with Crippen LogP contribution < -0.4 is 5.73 Å². The summed E-state index contributed by atoms with van der Waals surface area (Å²) >= 11 is 0. The molecule has 98 valence electrons. The molecule has 0 spiro atoms. The van der Waals surface area contributed by atoms with Crippen molar-refractivity contribution < 1.29 is 30.0 Å². The van der Waals surface area contributed by atoms with E-state index in [2.05, 4.69) is 0 Å². The largest absolute Gasteiger partial charge is 0.481 e. The first-order valence-electron chi connectivity index (χ1n) is 5.03. The van der Waals surface area contributed by atoms with Gasteiger partial charge in [-0.05, 0) is 23.8 Å². The standard InChI is InChI=1S/C11H13NO6/c12-7-2-5(1-6(3-7)11(17)18)10(16)8(13)4-9(14)15/h1-3,8,10,13,16H,4,12H2,(H,14,15)(H,17,18). The van der Waals surface area contributed by atoms with Gasteiger partial charge in [-0.3, -0.25) is 4.79 Å². The number of hydrogen-bond donors (Lipinski definition) is 5. The molecule has 2 unspecified atom stereocenters. The maximum absolute atomic E-state index is 10.8. The highest BCUT2D eigenvalue weighted by atomic mass is 16.4. The van der Waals surface area contributed by atoms with Crippen molar-refractivity contribution in [1.29, 1.82) is 0 Å². The van der Waals surface area contributed by atoms with Crippen LogP contribution in [0.3, 0.4) is 0 Å². The Labute approximate surface area is 102 Å². The van der Waals surface area contributed by atoms with Crippen LogP contribution in [0.25, 0.3) is 0 Å². The summed E-state index contributed by atoms with van der Waals surface area (Å²) in [6.07, 6.45) is -3.70. The van der Waals surface area contributed by atoms with Crippen LogP contribution in [0, 0.1) is 0 Å². The van der Waals surface area contributed by atoms with Crippen molar-refractivity contribution in [2.45, 2.75) is 18.6 Å². The van der Waals surface area contributed by atoms with E-state index in [1.54, 1.807) is 0 Å². The average molecular weight is 255 g/mol. The number of carbonyl (C=O) groups is 2. The summed E-state index contributed by atoms with van der Waals surface area (Å²) in [6.45, 7) is 0. The summed E-state index contributed by atoms with van der Waals surface area (Å²) in [6, 6.07) is 3.61. The molecular formula is C11H13NO6. The Hall–Kier alpha value is -2.12. The van der Waals surface area contributed by atoms with E-state index in [4.69, 9.17) is 15.9 Å². The minimum Gasteiger partial charge on any atom is -0.481 e. The molecular weight excluding hydrogens is 242 g/mol. The van der Waals surface area contributed by atoms with E-state index in [0.29, 0.717) is 0 Å². The molecule has 0 aliphatic rings. The molecule has 0 heterocycles. The van der Waals surface area contributed by atoms with Crippen molar-refractivity contribution >= 4 is 17.6 Å². The number of anilines is 1. The number of aliphatic hydroxyl groups is 2. The van der Waals surface area contributed by atoms with Crippen molar-refractivity contribution in [2.75, 3.05) is 5.73 Å². The topological polar surface area (TPSA) is 141 Å². The highest BCUT2D eigenvalue weighted by molar-refractivity contribution is 5.89. The van der Waals surface area contributed by atoms with E-state index < -0.39 is 30.6 Å². The van der Waals surface area contributed by atoms with E-state index in [1.807, 2.05) is 0 Å². The van der Waals surface area contributed by atoms with Gasteiger partial charge in [-0.25, -0.2) is 4.79 Å². The lowest BCUT2D eigenvalue weighted by molar-refractivity contribution is -0.141. The predicted molar refractivity (Wildman–Crippen MR) is 61.0 cm³/mol. The van der Waals surface area contributed by atoms with Crippen molar-refractivity contribution in [3.63, 3.8) is 0 Å². The molecule has 0 radical (unpaired) electrons. The minimum absolute atomic E-state index is 0.0566. The van der Waals surface area contributed by atoms with Crippen molar-refractivity contribution in [3.8, 4) is 0 Å². The summed E-state index contributed by atoms with van der Waals surface area (Å²) < 4.78 is 0. The van der Waals surface area contributed by atoms with Crippen LogP contribution in [0.1, 0.15) is 28.4 Å². The van der Waals surface area contributed by atoms with Gasteiger partial charge < -0.3 is 26.2 Å². The molecule has 0 aliphatic heterocycles. The first kappa shape index (κ1) is 13.9. The number of nitrogen functional groups attached to an aromatic ring is 1.